The van der Waals surface area contributed by atoms with E-state index in [-0.39, 0.29) is 17.9 Å². The molecule has 0 bridgehead atoms. The van der Waals surface area contributed by atoms with Gasteiger partial charge in [0.25, 0.3) is 5.91 Å². The van der Waals surface area contributed by atoms with Crippen LogP contribution in [0.3, 0.4) is 0 Å². The number of imidazole rings is 1. The zero-order valence-corrected chi connectivity index (χ0v) is 14.5. The second-order valence-electron chi connectivity index (χ2n) is 6.45. The van der Waals surface area contributed by atoms with Crippen molar-refractivity contribution >= 4 is 17.5 Å². The predicted molar refractivity (Wildman–Crippen MR) is 91.9 cm³/mol. The fourth-order valence-electron chi connectivity index (χ4n) is 3.29. The number of unbranched alkanes of at least 4 members (excludes halogenated alkanes) is 1. The van der Waals surface area contributed by atoms with Crippen molar-refractivity contribution in [2.45, 2.75) is 39.2 Å². The molecule has 1 atom stereocenters. The normalized spacial score (nSPS) is 18.5. The van der Waals surface area contributed by atoms with Crippen molar-refractivity contribution in [3.8, 4) is 0 Å². The van der Waals surface area contributed by atoms with Gasteiger partial charge in [-0.25, -0.2) is 4.98 Å². The fraction of sp³-hybridized carbons (Fsp3) is 0.500. The van der Waals surface area contributed by atoms with Crippen LogP contribution in [0, 0.1) is 6.92 Å². The second kappa shape index (κ2) is 6.63. The summed E-state index contributed by atoms with van der Waals surface area (Å²) in [6.45, 7) is 5.14. The molecule has 3 rings (SSSR count). The molecule has 0 N–H and O–H groups in total. The summed E-state index contributed by atoms with van der Waals surface area (Å²) in [6.07, 6.45) is 6.43. The van der Waals surface area contributed by atoms with Crippen LogP contribution in [0.25, 0.3) is 5.65 Å². The standard InChI is InChI=1S/C18H24N4O2/c1-4-5-8-15-18(24)20(3)10-11-22(15)17(23)14-7-6-9-21-12-13(2)19-16(14)21/h6-7,9,12,15H,4-5,8,10-11H2,1-3H3. The van der Waals surface area contributed by atoms with Crippen LogP contribution in [-0.4, -0.2) is 57.2 Å². The lowest BCUT2D eigenvalue weighted by atomic mass is 10.0. The number of hydrogen-bond donors (Lipinski definition) is 0. The van der Waals surface area contributed by atoms with E-state index in [0.29, 0.717) is 30.7 Å². The number of nitrogens with zero attached hydrogens (tertiary/aromatic N) is 4. The Balaban J connectivity index is 1.95. The van der Waals surface area contributed by atoms with E-state index < -0.39 is 0 Å². The molecule has 3 heterocycles. The van der Waals surface area contributed by atoms with Crippen LogP contribution >= 0.6 is 0 Å². The maximum Gasteiger partial charge on any atom is 0.258 e. The van der Waals surface area contributed by atoms with Gasteiger partial charge in [0.05, 0.1) is 11.3 Å². The van der Waals surface area contributed by atoms with Crippen LogP contribution in [0.5, 0.6) is 0 Å². The molecule has 6 nitrogen and oxygen atoms in total. The van der Waals surface area contributed by atoms with E-state index >= 15 is 0 Å². The largest absolute Gasteiger partial charge is 0.342 e. The zero-order chi connectivity index (χ0) is 17.3. The molecule has 0 aliphatic carbocycles. The van der Waals surface area contributed by atoms with Crippen molar-refractivity contribution in [1.82, 2.24) is 19.2 Å². The van der Waals surface area contributed by atoms with Crippen molar-refractivity contribution in [2.75, 3.05) is 20.1 Å². The first-order chi connectivity index (χ1) is 11.5. The number of likely N-dealkylation sites (N-methyl/N-ethyl adjacent to an activating group) is 1. The van der Waals surface area contributed by atoms with Crippen molar-refractivity contribution in [2.24, 2.45) is 0 Å². The minimum atomic E-state index is -0.368. The molecule has 24 heavy (non-hydrogen) atoms. The van der Waals surface area contributed by atoms with Crippen LogP contribution in [0.1, 0.15) is 42.2 Å². The Morgan fingerprint density at radius 1 is 1.38 bits per heavy atom. The summed E-state index contributed by atoms with van der Waals surface area (Å²) >= 11 is 0. The molecule has 6 heteroatoms. The number of aromatic nitrogens is 2. The molecule has 1 unspecified atom stereocenters. The highest BCUT2D eigenvalue weighted by Crippen LogP contribution is 2.21. The van der Waals surface area contributed by atoms with Gasteiger partial charge in [0.1, 0.15) is 11.7 Å². The maximum atomic E-state index is 13.2. The lowest BCUT2D eigenvalue weighted by Gasteiger charge is -2.39. The van der Waals surface area contributed by atoms with E-state index in [0.717, 1.165) is 18.5 Å². The minimum Gasteiger partial charge on any atom is -0.342 e. The highest BCUT2D eigenvalue weighted by molar-refractivity contribution is 6.02. The van der Waals surface area contributed by atoms with E-state index in [1.54, 1.807) is 15.9 Å². The van der Waals surface area contributed by atoms with Gasteiger partial charge in [-0.05, 0) is 25.5 Å². The summed E-state index contributed by atoms with van der Waals surface area (Å²) < 4.78 is 1.86. The molecule has 1 aliphatic rings. The van der Waals surface area contributed by atoms with E-state index in [1.165, 1.54) is 0 Å². The van der Waals surface area contributed by atoms with Crippen molar-refractivity contribution in [3.63, 3.8) is 0 Å². The molecule has 0 aromatic carbocycles. The Bertz CT molecular complexity index is 767. The zero-order valence-electron chi connectivity index (χ0n) is 14.5. The van der Waals surface area contributed by atoms with Crippen molar-refractivity contribution in [1.29, 1.82) is 0 Å². The third-order valence-electron chi connectivity index (χ3n) is 4.64. The fourth-order valence-corrected chi connectivity index (χ4v) is 3.29. The molecule has 2 aromatic heterocycles. The Labute approximate surface area is 142 Å². The van der Waals surface area contributed by atoms with Crippen LogP contribution in [0.15, 0.2) is 24.5 Å². The predicted octanol–water partition coefficient (Wildman–Crippen LogP) is 2.12. The second-order valence-corrected chi connectivity index (χ2v) is 6.45. The summed E-state index contributed by atoms with van der Waals surface area (Å²) in [7, 11) is 1.81. The average Bonchev–Trinajstić information content (AvgIpc) is 2.95. The molecular formula is C18H24N4O2. The Hall–Kier alpha value is -2.37. The average molecular weight is 328 g/mol. The van der Waals surface area contributed by atoms with Gasteiger partial charge in [-0.3, -0.25) is 9.59 Å². The topological polar surface area (TPSA) is 57.9 Å². The first-order valence-corrected chi connectivity index (χ1v) is 8.53. The van der Waals surface area contributed by atoms with Crippen LogP contribution in [0.2, 0.25) is 0 Å². The molecular weight excluding hydrogens is 304 g/mol. The first kappa shape index (κ1) is 16.5. The monoisotopic (exact) mass is 328 g/mol. The molecule has 0 radical (unpaired) electrons. The number of amides is 2. The molecule has 1 aliphatic heterocycles. The quantitative estimate of drug-likeness (QED) is 0.864. The number of pyridine rings is 1. The number of piperazine rings is 1. The van der Waals surface area contributed by atoms with Crippen LogP contribution < -0.4 is 0 Å². The molecule has 2 amide bonds. The van der Waals surface area contributed by atoms with Gasteiger partial charge in [-0.1, -0.05) is 19.8 Å². The number of fused-ring (bicyclic) bond motifs is 1. The lowest BCUT2D eigenvalue weighted by molar-refractivity contribution is -0.138. The first-order valence-electron chi connectivity index (χ1n) is 8.53. The lowest BCUT2D eigenvalue weighted by Crippen LogP contribution is -2.57. The number of carbonyl (C=O) groups excluding carboxylic acids is 2. The van der Waals surface area contributed by atoms with Gasteiger partial charge in [0, 0.05) is 32.5 Å². The van der Waals surface area contributed by atoms with Crippen LogP contribution in [-0.2, 0) is 4.79 Å². The highest BCUT2D eigenvalue weighted by Gasteiger charge is 2.36. The summed E-state index contributed by atoms with van der Waals surface area (Å²) in [5, 5.41) is 0. The molecule has 0 saturated carbocycles. The third-order valence-corrected chi connectivity index (χ3v) is 4.64. The third kappa shape index (κ3) is 2.88. The van der Waals surface area contributed by atoms with Gasteiger partial charge in [-0.15, -0.1) is 0 Å². The molecule has 2 aromatic rings. The Morgan fingerprint density at radius 3 is 2.92 bits per heavy atom. The number of carbonyl (C=O) groups is 2. The van der Waals surface area contributed by atoms with E-state index in [1.807, 2.05) is 36.8 Å². The van der Waals surface area contributed by atoms with Gasteiger partial charge in [-0.2, -0.15) is 0 Å². The number of hydrogen-bond acceptors (Lipinski definition) is 3. The SMILES string of the molecule is CCCCC1C(=O)N(C)CCN1C(=O)c1cccn2cc(C)nc12. The molecule has 1 saturated heterocycles. The van der Waals surface area contributed by atoms with E-state index in [9.17, 15) is 9.59 Å². The van der Waals surface area contributed by atoms with E-state index in [4.69, 9.17) is 0 Å². The Morgan fingerprint density at radius 2 is 2.17 bits per heavy atom. The smallest absolute Gasteiger partial charge is 0.258 e. The summed E-state index contributed by atoms with van der Waals surface area (Å²) in [4.78, 5) is 33.6. The molecule has 128 valence electrons. The van der Waals surface area contributed by atoms with Crippen LogP contribution in [0.4, 0.5) is 0 Å². The van der Waals surface area contributed by atoms with Crippen molar-refractivity contribution < 1.29 is 9.59 Å². The van der Waals surface area contributed by atoms with Crippen molar-refractivity contribution in [3.05, 3.63) is 35.8 Å². The Kier molecular flexibility index (Phi) is 4.55. The summed E-state index contributed by atoms with van der Waals surface area (Å²) in [6, 6.07) is 3.27. The van der Waals surface area contributed by atoms with E-state index in [2.05, 4.69) is 11.9 Å². The number of rotatable bonds is 4. The molecule has 0 spiro atoms. The minimum absolute atomic E-state index is 0.0366. The highest BCUT2D eigenvalue weighted by atomic mass is 16.2. The summed E-state index contributed by atoms with van der Waals surface area (Å²) in [5.41, 5.74) is 2.08. The number of aryl methyl sites for hydroxylation is 1. The van der Waals surface area contributed by atoms with Gasteiger partial charge < -0.3 is 14.2 Å². The van der Waals surface area contributed by atoms with Gasteiger partial charge in [0.15, 0.2) is 0 Å². The maximum absolute atomic E-state index is 13.2. The van der Waals surface area contributed by atoms with Gasteiger partial charge in [0.2, 0.25) is 5.91 Å². The molecule has 1 fully saturated rings. The summed E-state index contributed by atoms with van der Waals surface area (Å²) in [5.74, 6) is -0.0664. The van der Waals surface area contributed by atoms with Gasteiger partial charge >= 0.3 is 0 Å².